The number of nitrogens with one attached hydrogen (secondary N) is 1. The second-order valence-corrected chi connectivity index (χ2v) is 6.46. The van der Waals surface area contributed by atoms with Crippen LogP contribution in [0.2, 0.25) is 0 Å². The summed E-state index contributed by atoms with van der Waals surface area (Å²) in [7, 11) is 0. The van der Waals surface area contributed by atoms with Crippen molar-refractivity contribution in [2.24, 2.45) is 0 Å². The number of urea groups is 1. The molecule has 2 aromatic rings. The van der Waals surface area contributed by atoms with Gasteiger partial charge in [-0.25, -0.2) is 4.79 Å². The number of nitrogens with zero attached hydrogens (tertiary/aromatic N) is 2. The Hall–Kier alpha value is -2.59. The second-order valence-electron chi connectivity index (χ2n) is 6.46. The average Bonchev–Trinajstić information content (AvgIpc) is 2.64. The van der Waals surface area contributed by atoms with Gasteiger partial charge in [-0.1, -0.05) is 67.2 Å². The number of hydrogen-bond donors (Lipinski definition) is 1. The lowest BCUT2D eigenvalue weighted by molar-refractivity contribution is 0.121. The molecular formula is C21H25N3O. The first kappa shape index (κ1) is 17.2. The van der Waals surface area contributed by atoms with Gasteiger partial charge in [0.2, 0.25) is 0 Å². The van der Waals surface area contributed by atoms with Gasteiger partial charge in [0.25, 0.3) is 0 Å². The third-order valence-corrected chi connectivity index (χ3v) is 4.52. The average molecular weight is 335 g/mol. The summed E-state index contributed by atoms with van der Waals surface area (Å²) >= 11 is 0. The number of rotatable bonds is 4. The second kappa shape index (κ2) is 7.99. The van der Waals surface area contributed by atoms with Gasteiger partial charge in [0, 0.05) is 31.9 Å². The molecule has 0 atom stereocenters. The maximum Gasteiger partial charge on any atom is 0.321 e. The molecule has 25 heavy (non-hydrogen) atoms. The van der Waals surface area contributed by atoms with Crippen LogP contribution in [0, 0.1) is 0 Å². The number of carbonyl (C=O) groups excluding carboxylic acids is 1. The highest BCUT2D eigenvalue weighted by atomic mass is 16.2. The summed E-state index contributed by atoms with van der Waals surface area (Å²) in [6, 6.07) is 21.3. The highest BCUT2D eigenvalue weighted by Gasteiger charge is 2.27. The third kappa shape index (κ3) is 4.28. The van der Waals surface area contributed by atoms with Gasteiger partial charge in [0.15, 0.2) is 0 Å². The van der Waals surface area contributed by atoms with Crippen LogP contribution in [-0.4, -0.2) is 42.0 Å². The molecule has 130 valence electrons. The summed E-state index contributed by atoms with van der Waals surface area (Å²) < 4.78 is 0. The Labute approximate surface area is 149 Å². The van der Waals surface area contributed by atoms with E-state index < -0.39 is 0 Å². The van der Waals surface area contributed by atoms with Gasteiger partial charge in [-0.15, -0.1) is 0 Å². The van der Waals surface area contributed by atoms with Crippen molar-refractivity contribution in [3.8, 4) is 0 Å². The molecule has 4 heteroatoms. The van der Waals surface area contributed by atoms with Crippen molar-refractivity contribution >= 4 is 6.03 Å². The Bertz CT molecular complexity index is 667. The van der Waals surface area contributed by atoms with E-state index in [0.717, 1.165) is 26.2 Å². The highest BCUT2D eigenvalue weighted by Crippen LogP contribution is 2.29. The summed E-state index contributed by atoms with van der Waals surface area (Å²) in [5, 5.41) is 2.79. The van der Waals surface area contributed by atoms with Crippen molar-refractivity contribution in [2.75, 3.05) is 26.2 Å². The lowest BCUT2D eigenvalue weighted by Crippen LogP contribution is -2.52. The minimum Gasteiger partial charge on any atom is -0.322 e. The molecule has 2 aromatic carbocycles. The van der Waals surface area contributed by atoms with Crippen molar-refractivity contribution < 1.29 is 4.79 Å². The van der Waals surface area contributed by atoms with E-state index in [4.69, 9.17) is 0 Å². The summed E-state index contributed by atoms with van der Waals surface area (Å²) in [5.41, 5.74) is 3.25. The SMILES string of the molecule is C=C(C)NC(=O)N1CCN(C(c2ccccc2)c2ccccc2)CC1. The largest absolute Gasteiger partial charge is 0.322 e. The summed E-state index contributed by atoms with van der Waals surface area (Å²) in [5.74, 6) is 0. The Kier molecular flexibility index (Phi) is 5.51. The van der Waals surface area contributed by atoms with Crippen molar-refractivity contribution in [1.82, 2.24) is 15.1 Å². The molecule has 2 amide bonds. The molecule has 0 bridgehead atoms. The first-order valence-corrected chi connectivity index (χ1v) is 8.70. The molecule has 1 aliphatic rings. The normalized spacial score (nSPS) is 15.2. The van der Waals surface area contributed by atoms with Gasteiger partial charge in [-0.3, -0.25) is 4.90 Å². The predicted octanol–water partition coefficient (Wildman–Crippen LogP) is 3.64. The topological polar surface area (TPSA) is 35.6 Å². The summed E-state index contributed by atoms with van der Waals surface area (Å²) in [6.45, 7) is 8.67. The zero-order chi connectivity index (χ0) is 17.6. The molecule has 1 saturated heterocycles. The molecular weight excluding hydrogens is 310 g/mol. The number of benzene rings is 2. The maximum absolute atomic E-state index is 12.2. The highest BCUT2D eigenvalue weighted by molar-refractivity contribution is 5.76. The molecule has 0 saturated carbocycles. The van der Waals surface area contributed by atoms with Crippen LogP contribution < -0.4 is 5.32 Å². The Balaban J connectivity index is 1.76. The molecule has 0 unspecified atom stereocenters. The molecule has 1 N–H and O–H groups in total. The van der Waals surface area contributed by atoms with Gasteiger partial charge in [0.05, 0.1) is 6.04 Å². The molecule has 4 nitrogen and oxygen atoms in total. The molecule has 0 aliphatic carbocycles. The van der Waals surface area contributed by atoms with Crippen LogP contribution >= 0.6 is 0 Å². The molecule has 1 fully saturated rings. The van der Waals surface area contributed by atoms with Crippen molar-refractivity contribution in [1.29, 1.82) is 0 Å². The minimum atomic E-state index is -0.0527. The van der Waals surface area contributed by atoms with Crippen molar-refractivity contribution in [3.63, 3.8) is 0 Å². The fourth-order valence-corrected chi connectivity index (χ4v) is 3.33. The van der Waals surface area contributed by atoms with Crippen LogP contribution in [0.5, 0.6) is 0 Å². The van der Waals surface area contributed by atoms with Crippen LogP contribution in [0.1, 0.15) is 24.1 Å². The van der Waals surface area contributed by atoms with Crippen molar-refractivity contribution in [2.45, 2.75) is 13.0 Å². The molecule has 0 aromatic heterocycles. The zero-order valence-corrected chi connectivity index (χ0v) is 14.7. The Morgan fingerprint density at radius 1 is 0.920 bits per heavy atom. The standard InChI is InChI=1S/C21H25N3O/c1-17(2)22-21(25)24-15-13-23(14-16-24)20(18-9-5-3-6-10-18)19-11-7-4-8-12-19/h3-12,20H,1,13-16H2,2H3,(H,22,25). The van der Waals surface area contributed by atoms with E-state index >= 15 is 0 Å². The van der Waals surface area contributed by atoms with Crippen LogP contribution in [-0.2, 0) is 0 Å². The number of piperazine rings is 1. The smallest absolute Gasteiger partial charge is 0.321 e. The van der Waals surface area contributed by atoms with Gasteiger partial charge in [-0.2, -0.15) is 0 Å². The van der Waals surface area contributed by atoms with Crippen molar-refractivity contribution in [3.05, 3.63) is 84.1 Å². The number of amides is 2. The van der Waals surface area contributed by atoms with E-state index in [-0.39, 0.29) is 12.1 Å². The molecule has 0 spiro atoms. The fraction of sp³-hybridized carbons (Fsp3) is 0.286. The van der Waals surface area contributed by atoms with E-state index in [9.17, 15) is 4.79 Å². The lowest BCUT2D eigenvalue weighted by atomic mass is 9.96. The first-order chi connectivity index (χ1) is 12.1. The summed E-state index contributed by atoms with van der Waals surface area (Å²) in [6.07, 6.45) is 0. The van der Waals surface area contributed by atoms with Crippen LogP contribution in [0.4, 0.5) is 4.79 Å². The van der Waals surface area contributed by atoms with Gasteiger partial charge in [-0.05, 0) is 18.1 Å². The van der Waals surface area contributed by atoms with E-state index in [1.54, 1.807) is 6.92 Å². The lowest BCUT2D eigenvalue weighted by Gasteiger charge is -2.39. The fourth-order valence-electron chi connectivity index (χ4n) is 3.33. The molecule has 3 rings (SSSR count). The third-order valence-electron chi connectivity index (χ3n) is 4.52. The quantitative estimate of drug-likeness (QED) is 0.926. The van der Waals surface area contributed by atoms with Gasteiger partial charge in [0.1, 0.15) is 0 Å². The predicted molar refractivity (Wildman–Crippen MR) is 101 cm³/mol. The van der Waals surface area contributed by atoms with Gasteiger partial charge < -0.3 is 10.2 Å². The molecule has 0 radical (unpaired) electrons. The Morgan fingerprint density at radius 3 is 1.84 bits per heavy atom. The van der Waals surface area contributed by atoms with Crippen LogP contribution in [0.15, 0.2) is 72.9 Å². The van der Waals surface area contributed by atoms with E-state index in [0.29, 0.717) is 5.70 Å². The molecule has 1 heterocycles. The monoisotopic (exact) mass is 335 g/mol. The van der Waals surface area contributed by atoms with Crippen LogP contribution in [0.3, 0.4) is 0 Å². The first-order valence-electron chi connectivity index (χ1n) is 8.70. The van der Waals surface area contributed by atoms with E-state index in [1.165, 1.54) is 11.1 Å². The zero-order valence-electron chi connectivity index (χ0n) is 14.7. The summed E-state index contributed by atoms with van der Waals surface area (Å²) in [4.78, 5) is 16.5. The number of allylic oxidation sites excluding steroid dienone is 1. The number of hydrogen-bond acceptors (Lipinski definition) is 2. The van der Waals surface area contributed by atoms with Gasteiger partial charge >= 0.3 is 6.03 Å². The van der Waals surface area contributed by atoms with E-state index in [1.807, 2.05) is 17.0 Å². The molecule has 1 aliphatic heterocycles. The minimum absolute atomic E-state index is 0.0527. The van der Waals surface area contributed by atoms with E-state index in [2.05, 4.69) is 65.3 Å². The number of carbonyl (C=O) groups is 1. The Morgan fingerprint density at radius 2 is 1.40 bits per heavy atom. The maximum atomic E-state index is 12.2. The van der Waals surface area contributed by atoms with Crippen LogP contribution in [0.25, 0.3) is 0 Å².